The van der Waals surface area contributed by atoms with E-state index in [1.807, 2.05) is 78.9 Å². The van der Waals surface area contributed by atoms with Crippen molar-refractivity contribution in [2.45, 2.75) is 6.04 Å². The summed E-state index contributed by atoms with van der Waals surface area (Å²) in [6.07, 6.45) is 2.11. The summed E-state index contributed by atoms with van der Waals surface area (Å²) in [6, 6.07) is 29.1. The molecule has 1 aliphatic rings. The van der Waals surface area contributed by atoms with Crippen molar-refractivity contribution in [2.24, 2.45) is 0 Å². The molecule has 2 N–H and O–H groups in total. The fraction of sp³-hybridized carbons (Fsp3) is 0.0800. The number of benzene rings is 3. The Morgan fingerprint density at radius 2 is 1.59 bits per heavy atom. The number of nitrogens with one attached hydrogen (secondary N) is 2. The number of amides is 1. The number of anilines is 2. The van der Waals surface area contributed by atoms with Crippen molar-refractivity contribution in [1.82, 2.24) is 14.8 Å². The first-order valence-electron chi connectivity index (χ1n) is 10.3. The largest absolute Gasteiger partial charge is 0.484 e. The van der Waals surface area contributed by atoms with E-state index in [1.54, 1.807) is 16.8 Å². The van der Waals surface area contributed by atoms with Crippen LogP contribution in [0, 0.1) is 0 Å². The van der Waals surface area contributed by atoms with Crippen molar-refractivity contribution in [3.05, 3.63) is 108 Å². The number of hydrogen-bond acceptors (Lipinski definition) is 5. The van der Waals surface area contributed by atoms with Gasteiger partial charge < -0.3 is 10.1 Å². The molecule has 0 fully saturated rings. The topological polar surface area (TPSA) is 81.1 Å². The summed E-state index contributed by atoms with van der Waals surface area (Å²) in [6.45, 7) is -0.128. The molecule has 1 atom stereocenters. The van der Waals surface area contributed by atoms with E-state index in [0.717, 1.165) is 16.8 Å². The maximum absolute atomic E-state index is 12.4. The molecule has 5 rings (SSSR count). The van der Waals surface area contributed by atoms with Crippen LogP contribution in [0.25, 0.3) is 5.70 Å². The van der Waals surface area contributed by atoms with Crippen LogP contribution in [-0.2, 0) is 4.79 Å². The van der Waals surface area contributed by atoms with Gasteiger partial charge in [0.15, 0.2) is 6.61 Å². The van der Waals surface area contributed by atoms with Gasteiger partial charge in [0.2, 0.25) is 5.95 Å². The summed E-state index contributed by atoms with van der Waals surface area (Å²) < 4.78 is 7.28. The molecule has 7 heteroatoms. The van der Waals surface area contributed by atoms with Crippen molar-refractivity contribution >= 4 is 23.5 Å². The molecule has 1 aliphatic heterocycles. The number of hydrogen-bond donors (Lipinski definition) is 2. The van der Waals surface area contributed by atoms with Gasteiger partial charge in [-0.2, -0.15) is 4.98 Å². The molecule has 0 unspecified atom stereocenters. The standard InChI is InChI=1S/C25H21N5O2/c31-23(17-32-20-14-8-3-9-15-20)27-24-28-25-26-21(18-10-4-1-5-11-18)16-22(30(25)29-24)19-12-6-2-7-13-19/h1-16,22H,17H2,(H2,26,27,28,29,31)/t22-/m1/s1. The summed E-state index contributed by atoms with van der Waals surface area (Å²) in [4.78, 5) is 16.9. The normalized spacial score (nSPS) is 14.6. The lowest BCUT2D eigenvalue weighted by molar-refractivity contribution is -0.118. The number of carbonyl (C=O) groups is 1. The predicted molar refractivity (Wildman–Crippen MR) is 123 cm³/mol. The highest BCUT2D eigenvalue weighted by Crippen LogP contribution is 2.33. The highest BCUT2D eigenvalue weighted by molar-refractivity contribution is 5.90. The molecule has 158 valence electrons. The van der Waals surface area contributed by atoms with Gasteiger partial charge in [-0.1, -0.05) is 78.9 Å². The third kappa shape index (κ3) is 4.22. The van der Waals surface area contributed by atoms with Gasteiger partial charge in [-0.25, -0.2) is 4.68 Å². The zero-order chi connectivity index (χ0) is 21.8. The van der Waals surface area contributed by atoms with Gasteiger partial charge in [0.25, 0.3) is 11.9 Å². The minimum atomic E-state index is -0.329. The van der Waals surface area contributed by atoms with Gasteiger partial charge in [0.1, 0.15) is 11.8 Å². The first-order chi connectivity index (χ1) is 15.8. The number of fused-ring (bicyclic) bond motifs is 1. The molecular weight excluding hydrogens is 402 g/mol. The average Bonchev–Trinajstić information content (AvgIpc) is 3.26. The van der Waals surface area contributed by atoms with E-state index in [2.05, 4.69) is 26.8 Å². The lowest BCUT2D eigenvalue weighted by Gasteiger charge is -2.24. The van der Waals surface area contributed by atoms with Crippen LogP contribution in [0.5, 0.6) is 5.75 Å². The number of aromatic nitrogens is 3. The lowest BCUT2D eigenvalue weighted by Crippen LogP contribution is -2.21. The summed E-state index contributed by atoms with van der Waals surface area (Å²) in [5, 5.41) is 10.6. The third-order valence-electron chi connectivity index (χ3n) is 5.06. The fourth-order valence-electron chi connectivity index (χ4n) is 3.55. The number of allylic oxidation sites excluding steroid dienone is 1. The van der Waals surface area contributed by atoms with Crippen molar-refractivity contribution < 1.29 is 9.53 Å². The zero-order valence-corrected chi connectivity index (χ0v) is 17.2. The van der Waals surface area contributed by atoms with Crippen LogP contribution in [0.1, 0.15) is 17.2 Å². The predicted octanol–water partition coefficient (Wildman–Crippen LogP) is 4.35. The van der Waals surface area contributed by atoms with Crippen LogP contribution in [-0.4, -0.2) is 27.3 Å². The second-order valence-electron chi connectivity index (χ2n) is 7.28. The van der Waals surface area contributed by atoms with Crippen LogP contribution in [0.2, 0.25) is 0 Å². The average molecular weight is 423 g/mol. The zero-order valence-electron chi connectivity index (χ0n) is 17.2. The van der Waals surface area contributed by atoms with Gasteiger partial charge in [-0.15, -0.1) is 5.10 Å². The van der Waals surface area contributed by atoms with E-state index < -0.39 is 0 Å². The Morgan fingerprint density at radius 1 is 0.938 bits per heavy atom. The SMILES string of the molecule is O=C(COc1ccccc1)Nc1nc2n(n1)[C@@H](c1ccccc1)C=C(c1ccccc1)N2. The van der Waals surface area contributed by atoms with E-state index in [-0.39, 0.29) is 24.5 Å². The number of carbonyl (C=O) groups excluding carboxylic acids is 1. The molecule has 1 amide bonds. The van der Waals surface area contributed by atoms with E-state index in [0.29, 0.717) is 11.7 Å². The van der Waals surface area contributed by atoms with Crippen molar-refractivity contribution in [3.8, 4) is 5.75 Å². The van der Waals surface area contributed by atoms with Crippen LogP contribution in [0.3, 0.4) is 0 Å². The van der Waals surface area contributed by atoms with E-state index in [4.69, 9.17) is 4.74 Å². The number of nitrogens with zero attached hydrogens (tertiary/aromatic N) is 3. The maximum Gasteiger partial charge on any atom is 0.264 e. The van der Waals surface area contributed by atoms with Gasteiger partial charge in [-0.05, 0) is 29.3 Å². The van der Waals surface area contributed by atoms with Crippen LogP contribution in [0.15, 0.2) is 97.1 Å². The van der Waals surface area contributed by atoms with Crippen molar-refractivity contribution in [1.29, 1.82) is 0 Å². The summed E-state index contributed by atoms with van der Waals surface area (Å²) in [5.41, 5.74) is 3.05. The summed E-state index contributed by atoms with van der Waals surface area (Å²) in [7, 11) is 0. The molecule has 2 heterocycles. The molecule has 4 aromatic rings. The molecule has 0 bridgehead atoms. The third-order valence-corrected chi connectivity index (χ3v) is 5.06. The molecule has 1 aromatic heterocycles. The molecular formula is C25H21N5O2. The molecule has 0 saturated carbocycles. The quantitative estimate of drug-likeness (QED) is 0.482. The summed E-state index contributed by atoms with van der Waals surface area (Å²) >= 11 is 0. The lowest BCUT2D eigenvalue weighted by atomic mass is 10.0. The minimum Gasteiger partial charge on any atom is -0.484 e. The first-order valence-corrected chi connectivity index (χ1v) is 10.3. The number of ether oxygens (including phenoxy) is 1. The number of rotatable bonds is 6. The number of para-hydroxylation sites is 1. The Kier molecular flexibility index (Phi) is 5.36. The highest BCUT2D eigenvalue weighted by atomic mass is 16.5. The molecule has 7 nitrogen and oxygen atoms in total. The maximum atomic E-state index is 12.4. The summed E-state index contributed by atoms with van der Waals surface area (Å²) in [5.74, 6) is 1.07. The Balaban J connectivity index is 1.38. The van der Waals surface area contributed by atoms with Crippen LogP contribution < -0.4 is 15.4 Å². The second-order valence-corrected chi connectivity index (χ2v) is 7.28. The van der Waals surface area contributed by atoms with Crippen LogP contribution >= 0.6 is 0 Å². The highest BCUT2D eigenvalue weighted by Gasteiger charge is 2.25. The first kappa shape index (κ1) is 19.6. The molecule has 0 saturated heterocycles. The van der Waals surface area contributed by atoms with E-state index >= 15 is 0 Å². The van der Waals surface area contributed by atoms with Crippen molar-refractivity contribution in [3.63, 3.8) is 0 Å². The molecule has 0 spiro atoms. The Morgan fingerprint density at radius 3 is 2.31 bits per heavy atom. The monoisotopic (exact) mass is 423 g/mol. The second kappa shape index (κ2) is 8.77. The molecule has 0 aliphatic carbocycles. The minimum absolute atomic E-state index is 0.128. The Hall–Kier alpha value is -4.39. The molecule has 0 radical (unpaired) electrons. The fourth-order valence-corrected chi connectivity index (χ4v) is 3.55. The van der Waals surface area contributed by atoms with Gasteiger partial charge >= 0.3 is 0 Å². The molecule has 32 heavy (non-hydrogen) atoms. The Bertz CT molecular complexity index is 1240. The Labute approximate surface area is 185 Å². The molecule has 3 aromatic carbocycles. The van der Waals surface area contributed by atoms with E-state index in [1.165, 1.54) is 0 Å². The van der Waals surface area contributed by atoms with Gasteiger partial charge in [0, 0.05) is 5.70 Å². The van der Waals surface area contributed by atoms with Gasteiger partial charge in [0.05, 0.1) is 0 Å². The van der Waals surface area contributed by atoms with Crippen molar-refractivity contribution in [2.75, 3.05) is 17.2 Å². The smallest absolute Gasteiger partial charge is 0.264 e. The van der Waals surface area contributed by atoms with Gasteiger partial charge in [-0.3, -0.25) is 10.1 Å². The van der Waals surface area contributed by atoms with E-state index in [9.17, 15) is 4.79 Å². The van der Waals surface area contributed by atoms with Crippen LogP contribution in [0.4, 0.5) is 11.9 Å².